The Bertz CT molecular complexity index is 584. The number of rotatable bonds is 8. The quantitative estimate of drug-likeness (QED) is 0.808. The molecule has 0 aliphatic carbocycles. The van der Waals surface area contributed by atoms with E-state index in [4.69, 9.17) is 4.74 Å². The molecule has 1 heterocycles. The number of carbonyl (C=O) groups excluding carboxylic acids is 1. The zero-order chi connectivity index (χ0) is 16.7. The number of likely N-dealkylation sites (N-methyl/N-ethyl adjacent to an activating group) is 1. The van der Waals surface area contributed by atoms with Gasteiger partial charge in [0.15, 0.2) is 0 Å². The molecule has 0 bridgehead atoms. The second-order valence-corrected chi connectivity index (χ2v) is 6.50. The Hall–Kier alpha value is -1.69. The molecule has 0 fully saturated rings. The molecule has 1 aromatic carbocycles. The van der Waals surface area contributed by atoms with Gasteiger partial charge in [0.05, 0.1) is 12.6 Å². The summed E-state index contributed by atoms with van der Waals surface area (Å²) in [6.45, 7) is 2.80. The van der Waals surface area contributed by atoms with Gasteiger partial charge in [-0.05, 0) is 49.0 Å². The summed E-state index contributed by atoms with van der Waals surface area (Å²) >= 11 is 1.67. The van der Waals surface area contributed by atoms with E-state index >= 15 is 0 Å². The van der Waals surface area contributed by atoms with E-state index in [9.17, 15) is 4.79 Å². The maximum Gasteiger partial charge on any atom is 0.248 e. The summed E-state index contributed by atoms with van der Waals surface area (Å²) in [5.74, 6) is -0.0805. The van der Waals surface area contributed by atoms with Gasteiger partial charge in [0, 0.05) is 6.54 Å². The van der Waals surface area contributed by atoms with E-state index in [1.165, 1.54) is 5.56 Å². The molecule has 0 saturated carbocycles. The van der Waals surface area contributed by atoms with E-state index in [1.54, 1.807) is 18.3 Å². The van der Waals surface area contributed by atoms with Crippen LogP contribution in [0.2, 0.25) is 0 Å². The van der Waals surface area contributed by atoms with Gasteiger partial charge in [0.1, 0.15) is 6.10 Å². The summed E-state index contributed by atoms with van der Waals surface area (Å²) in [6.07, 6.45) is -0.472. The SMILES string of the molecule is C[C@@H](OCc1ccccc1)C(=O)NC[C@@H](c1ccsc1)N(C)C. The zero-order valence-electron chi connectivity index (χ0n) is 13.9. The van der Waals surface area contributed by atoms with Crippen molar-refractivity contribution in [3.05, 3.63) is 58.3 Å². The van der Waals surface area contributed by atoms with E-state index < -0.39 is 6.10 Å². The number of thiophene rings is 1. The molecular formula is C18H24N2O2S. The van der Waals surface area contributed by atoms with Gasteiger partial charge >= 0.3 is 0 Å². The standard InChI is InChI=1S/C18H24N2O2S/c1-14(22-12-15-7-5-4-6-8-15)18(21)19-11-17(20(2)3)16-9-10-23-13-16/h4-10,13-14,17H,11-12H2,1-3H3,(H,19,21)/t14-,17+/m1/s1. The Balaban J connectivity index is 1.81. The predicted molar refractivity (Wildman–Crippen MR) is 94.4 cm³/mol. The highest BCUT2D eigenvalue weighted by Crippen LogP contribution is 2.20. The third-order valence-corrected chi connectivity index (χ3v) is 4.43. The van der Waals surface area contributed by atoms with Crippen LogP contribution in [0.5, 0.6) is 0 Å². The molecule has 0 spiro atoms. The monoisotopic (exact) mass is 332 g/mol. The largest absolute Gasteiger partial charge is 0.364 e. The molecule has 2 rings (SSSR count). The predicted octanol–water partition coefficient (Wildman–Crippen LogP) is 3.07. The van der Waals surface area contributed by atoms with Gasteiger partial charge in [0.2, 0.25) is 5.91 Å². The first-order chi connectivity index (χ1) is 11.1. The van der Waals surface area contributed by atoms with Crippen LogP contribution in [-0.4, -0.2) is 37.6 Å². The summed E-state index contributed by atoms with van der Waals surface area (Å²) in [6, 6.07) is 12.1. The maximum absolute atomic E-state index is 12.2. The molecule has 1 N–H and O–H groups in total. The third kappa shape index (κ3) is 5.46. The van der Waals surface area contributed by atoms with E-state index in [2.05, 4.69) is 27.0 Å². The number of nitrogens with one attached hydrogen (secondary N) is 1. The lowest BCUT2D eigenvalue weighted by atomic mass is 10.1. The molecule has 0 aliphatic heterocycles. The van der Waals surface area contributed by atoms with Crippen molar-refractivity contribution in [1.29, 1.82) is 0 Å². The van der Waals surface area contributed by atoms with E-state index in [1.807, 2.05) is 44.4 Å². The minimum Gasteiger partial charge on any atom is -0.364 e. The number of ether oxygens (including phenoxy) is 1. The van der Waals surface area contributed by atoms with Crippen LogP contribution >= 0.6 is 11.3 Å². The second kappa shape index (κ2) is 8.82. The fraction of sp³-hybridized carbons (Fsp3) is 0.389. The Labute approximate surface area is 142 Å². The van der Waals surface area contributed by atoms with Gasteiger partial charge in [-0.1, -0.05) is 30.3 Å². The Morgan fingerprint density at radius 3 is 2.61 bits per heavy atom. The van der Waals surface area contributed by atoms with Gasteiger partial charge in [-0.25, -0.2) is 0 Å². The molecule has 124 valence electrons. The molecule has 2 atom stereocenters. The lowest BCUT2D eigenvalue weighted by molar-refractivity contribution is -0.132. The highest BCUT2D eigenvalue weighted by molar-refractivity contribution is 7.07. The van der Waals surface area contributed by atoms with E-state index in [-0.39, 0.29) is 11.9 Å². The highest BCUT2D eigenvalue weighted by atomic mass is 32.1. The molecule has 23 heavy (non-hydrogen) atoms. The van der Waals surface area contributed by atoms with Crippen molar-refractivity contribution in [3.63, 3.8) is 0 Å². The van der Waals surface area contributed by atoms with Crippen molar-refractivity contribution >= 4 is 17.2 Å². The lowest BCUT2D eigenvalue weighted by Crippen LogP contribution is -2.39. The minimum absolute atomic E-state index is 0.0805. The number of benzene rings is 1. The van der Waals surface area contributed by atoms with E-state index in [0.29, 0.717) is 13.2 Å². The Morgan fingerprint density at radius 2 is 2.00 bits per heavy atom. The van der Waals surface area contributed by atoms with Crippen molar-refractivity contribution in [2.45, 2.75) is 25.7 Å². The summed E-state index contributed by atoms with van der Waals surface area (Å²) in [7, 11) is 4.04. The first-order valence-corrected chi connectivity index (χ1v) is 8.64. The molecule has 5 heteroatoms. The van der Waals surface area contributed by atoms with Crippen LogP contribution < -0.4 is 5.32 Å². The fourth-order valence-corrected chi connectivity index (χ4v) is 2.98. The van der Waals surface area contributed by atoms with E-state index in [0.717, 1.165) is 5.56 Å². The molecule has 0 saturated heterocycles. The van der Waals surface area contributed by atoms with Gasteiger partial charge in [0.25, 0.3) is 0 Å². The second-order valence-electron chi connectivity index (χ2n) is 5.72. The minimum atomic E-state index is -0.472. The molecule has 1 aromatic heterocycles. The van der Waals surface area contributed by atoms with Crippen molar-refractivity contribution in [3.8, 4) is 0 Å². The topological polar surface area (TPSA) is 41.6 Å². The number of amides is 1. The summed E-state index contributed by atoms with van der Waals surface area (Å²) in [5, 5.41) is 7.16. The zero-order valence-corrected chi connectivity index (χ0v) is 14.7. The van der Waals surface area contributed by atoms with Gasteiger partial charge in [-0.2, -0.15) is 11.3 Å². The Kier molecular flexibility index (Phi) is 6.77. The van der Waals surface area contributed by atoms with Gasteiger partial charge < -0.3 is 15.0 Å². The summed E-state index contributed by atoms with van der Waals surface area (Å²) < 4.78 is 5.65. The van der Waals surface area contributed by atoms with Crippen LogP contribution in [0.25, 0.3) is 0 Å². The normalized spacial score (nSPS) is 13.7. The molecule has 0 aliphatic rings. The number of hydrogen-bond donors (Lipinski definition) is 1. The average Bonchev–Trinajstić information content (AvgIpc) is 3.07. The highest BCUT2D eigenvalue weighted by Gasteiger charge is 2.18. The lowest BCUT2D eigenvalue weighted by Gasteiger charge is -2.24. The van der Waals surface area contributed by atoms with Crippen LogP contribution in [0, 0.1) is 0 Å². The van der Waals surface area contributed by atoms with Crippen LogP contribution in [0.1, 0.15) is 24.1 Å². The molecule has 0 unspecified atom stereocenters. The number of nitrogens with zero attached hydrogens (tertiary/aromatic N) is 1. The smallest absolute Gasteiger partial charge is 0.248 e. The van der Waals surface area contributed by atoms with Crippen LogP contribution in [0.3, 0.4) is 0 Å². The van der Waals surface area contributed by atoms with Gasteiger partial charge in [-0.15, -0.1) is 0 Å². The van der Waals surface area contributed by atoms with Crippen LogP contribution in [0.15, 0.2) is 47.2 Å². The molecule has 4 nitrogen and oxygen atoms in total. The molecule has 0 radical (unpaired) electrons. The fourth-order valence-electron chi connectivity index (χ4n) is 2.28. The summed E-state index contributed by atoms with van der Waals surface area (Å²) in [5.41, 5.74) is 2.29. The Morgan fingerprint density at radius 1 is 1.26 bits per heavy atom. The van der Waals surface area contributed by atoms with Crippen LogP contribution in [-0.2, 0) is 16.1 Å². The third-order valence-electron chi connectivity index (χ3n) is 3.73. The van der Waals surface area contributed by atoms with Crippen molar-refractivity contribution in [2.75, 3.05) is 20.6 Å². The number of carbonyl (C=O) groups is 1. The first kappa shape index (κ1) is 17.7. The maximum atomic E-state index is 12.2. The van der Waals surface area contributed by atoms with Crippen LogP contribution in [0.4, 0.5) is 0 Å². The van der Waals surface area contributed by atoms with Crippen molar-refractivity contribution in [1.82, 2.24) is 10.2 Å². The van der Waals surface area contributed by atoms with Gasteiger partial charge in [-0.3, -0.25) is 4.79 Å². The van der Waals surface area contributed by atoms with Crippen molar-refractivity contribution < 1.29 is 9.53 Å². The molecule has 1 amide bonds. The molecule has 2 aromatic rings. The molecular weight excluding hydrogens is 308 g/mol. The summed E-state index contributed by atoms with van der Waals surface area (Å²) in [4.78, 5) is 14.3. The average molecular weight is 332 g/mol. The number of hydrogen-bond acceptors (Lipinski definition) is 4. The van der Waals surface area contributed by atoms with Crippen molar-refractivity contribution in [2.24, 2.45) is 0 Å². The first-order valence-electron chi connectivity index (χ1n) is 7.69.